The minimum absolute atomic E-state index is 0.0711. The van der Waals surface area contributed by atoms with Crippen LogP contribution in [0.4, 0.5) is 0 Å². The number of aldehydes is 1. The number of hydrogen-bond donors (Lipinski definition) is 0. The second kappa shape index (κ2) is 11.4. The third kappa shape index (κ3) is 9.10. The second-order valence-corrected chi connectivity index (χ2v) is 15.7. The molecule has 0 aliphatic carbocycles. The fraction of sp³-hybridized carbons (Fsp3) is 0.667. The molecule has 1 rings (SSSR count). The monoisotopic (exact) mass is 435 g/mol. The van der Waals surface area contributed by atoms with Crippen molar-refractivity contribution >= 4 is 32.0 Å². The molecule has 29 heavy (non-hydrogen) atoms. The quantitative estimate of drug-likeness (QED) is 0.204. The zero-order valence-corrected chi connectivity index (χ0v) is 21.8. The Labute approximate surface area is 183 Å². The van der Waals surface area contributed by atoms with Gasteiger partial charge >= 0.3 is 0 Å². The lowest BCUT2D eigenvalue weighted by molar-refractivity contribution is -0.110. The van der Waals surface area contributed by atoms with Gasteiger partial charge in [-0.3, -0.25) is 0 Å². The molecule has 0 saturated carbocycles. The summed E-state index contributed by atoms with van der Waals surface area (Å²) in [6.45, 7) is 19.9. The van der Waals surface area contributed by atoms with Crippen molar-refractivity contribution in [1.29, 1.82) is 0 Å². The van der Waals surface area contributed by atoms with Crippen molar-refractivity contribution in [2.45, 2.75) is 98.4 Å². The van der Waals surface area contributed by atoms with E-state index in [9.17, 15) is 4.79 Å². The van der Waals surface area contributed by atoms with Crippen LogP contribution in [0.15, 0.2) is 22.6 Å². The highest BCUT2D eigenvalue weighted by Crippen LogP contribution is 2.38. The summed E-state index contributed by atoms with van der Waals surface area (Å²) in [4.78, 5) is 15.4. The molecule has 1 aromatic heterocycles. The maximum absolute atomic E-state index is 10.8. The number of aryl methyl sites for hydroxylation is 1. The Morgan fingerprint density at radius 2 is 1.97 bits per heavy atom. The molecular weight excluding hydrogens is 394 g/mol. The van der Waals surface area contributed by atoms with Gasteiger partial charge in [-0.05, 0) is 76.2 Å². The first-order valence-electron chi connectivity index (χ1n) is 10.7. The van der Waals surface area contributed by atoms with E-state index >= 15 is 0 Å². The van der Waals surface area contributed by atoms with Gasteiger partial charge in [0, 0.05) is 11.3 Å². The fourth-order valence-electron chi connectivity index (χ4n) is 2.81. The van der Waals surface area contributed by atoms with Gasteiger partial charge in [0.25, 0.3) is 0 Å². The summed E-state index contributed by atoms with van der Waals surface area (Å²) in [6.07, 6.45) is 9.57. The first kappa shape index (κ1) is 26.0. The highest BCUT2D eigenvalue weighted by atomic mass is 32.1. The smallest absolute Gasteiger partial charge is 0.192 e. The van der Waals surface area contributed by atoms with E-state index in [1.807, 2.05) is 13.8 Å². The van der Waals surface area contributed by atoms with E-state index in [2.05, 4.69) is 70.2 Å². The van der Waals surface area contributed by atoms with Gasteiger partial charge in [-0.25, -0.2) is 4.98 Å². The van der Waals surface area contributed by atoms with E-state index in [1.165, 1.54) is 11.1 Å². The molecule has 1 unspecified atom stereocenters. The van der Waals surface area contributed by atoms with E-state index in [0.717, 1.165) is 42.7 Å². The topological polar surface area (TPSA) is 39.2 Å². The molecule has 3 nitrogen and oxygen atoms in total. The lowest BCUT2D eigenvalue weighted by atomic mass is 10.0. The van der Waals surface area contributed by atoms with Crippen molar-refractivity contribution in [3.8, 4) is 0 Å². The molecule has 0 aliphatic heterocycles. The largest absolute Gasteiger partial charge is 0.410 e. The van der Waals surface area contributed by atoms with Crippen LogP contribution in [-0.2, 0) is 9.22 Å². The van der Waals surface area contributed by atoms with Crippen LogP contribution in [0.2, 0.25) is 18.1 Å². The van der Waals surface area contributed by atoms with Crippen molar-refractivity contribution in [2.24, 2.45) is 5.92 Å². The molecule has 164 valence electrons. The van der Waals surface area contributed by atoms with Crippen molar-refractivity contribution in [2.75, 3.05) is 0 Å². The molecule has 0 aliphatic rings. The number of nitrogens with zero attached hydrogens (tertiary/aromatic N) is 1. The highest BCUT2D eigenvalue weighted by molar-refractivity contribution is 7.09. The molecule has 5 heteroatoms. The third-order valence-electron chi connectivity index (χ3n) is 5.91. The number of thiazole rings is 1. The molecule has 1 aromatic rings. The number of hydrogen-bond acceptors (Lipinski definition) is 4. The van der Waals surface area contributed by atoms with Crippen molar-refractivity contribution in [3.63, 3.8) is 0 Å². The molecule has 0 saturated heterocycles. The molecule has 0 amide bonds. The Morgan fingerprint density at radius 3 is 2.48 bits per heavy atom. The van der Waals surface area contributed by atoms with E-state index in [0.29, 0.717) is 0 Å². The first-order chi connectivity index (χ1) is 13.4. The third-order valence-corrected chi connectivity index (χ3v) is 11.2. The van der Waals surface area contributed by atoms with E-state index in [1.54, 1.807) is 11.3 Å². The Balaban J connectivity index is 2.94. The summed E-state index contributed by atoms with van der Waals surface area (Å²) in [5, 5.41) is 3.37. The fourth-order valence-corrected chi connectivity index (χ4v) is 4.73. The summed E-state index contributed by atoms with van der Waals surface area (Å²) in [5.74, 6) is 0.157. The average Bonchev–Trinajstić information content (AvgIpc) is 3.01. The predicted octanol–water partition coefficient (Wildman–Crippen LogP) is 7.59. The van der Waals surface area contributed by atoms with Gasteiger partial charge < -0.3 is 9.22 Å². The summed E-state index contributed by atoms with van der Waals surface area (Å²) in [6, 6.07) is 0. The van der Waals surface area contributed by atoms with Crippen LogP contribution in [0.25, 0.3) is 6.08 Å². The lowest BCUT2D eigenvalue weighted by Crippen LogP contribution is -2.44. The maximum Gasteiger partial charge on any atom is 0.192 e. The number of rotatable bonds is 11. The van der Waals surface area contributed by atoms with Crippen LogP contribution in [0, 0.1) is 12.8 Å². The number of allylic oxidation sites excluding steroid dienone is 1. The van der Waals surface area contributed by atoms with E-state index in [4.69, 9.17) is 4.43 Å². The van der Waals surface area contributed by atoms with Crippen LogP contribution in [0.3, 0.4) is 0 Å². The molecule has 0 aromatic carbocycles. The van der Waals surface area contributed by atoms with Gasteiger partial charge in [-0.2, -0.15) is 0 Å². The van der Waals surface area contributed by atoms with E-state index in [-0.39, 0.29) is 17.1 Å². The van der Waals surface area contributed by atoms with Gasteiger partial charge in [0.2, 0.25) is 0 Å². The second-order valence-electron chi connectivity index (χ2n) is 9.84. The molecule has 2 atom stereocenters. The predicted molar refractivity (Wildman–Crippen MR) is 130 cm³/mol. The average molecular weight is 436 g/mol. The minimum atomic E-state index is -1.89. The molecule has 0 fully saturated rings. The van der Waals surface area contributed by atoms with Crippen molar-refractivity contribution < 1.29 is 9.22 Å². The standard InChI is InChI=1S/C24H41NO2SSi/c1-18(11-10-12-19(2)16-26)13-14-23(27-29(8,9)24(5,6)7)20(3)15-22-17-28-21(4)25-22/h13,15-17,19,23H,10-12,14H2,1-9H3/b18-13+,20-15-/t19-,23?/m0/s1. The Kier molecular flexibility index (Phi) is 10.2. The molecular formula is C24H41NO2SSi. The zero-order valence-electron chi connectivity index (χ0n) is 20.0. The maximum atomic E-state index is 10.8. The summed E-state index contributed by atoms with van der Waals surface area (Å²) >= 11 is 1.68. The number of carbonyl (C=O) groups is 1. The molecule has 0 N–H and O–H groups in total. The zero-order chi connectivity index (χ0) is 22.2. The van der Waals surface area contributed by atoms with Crippen LogP contribution in [0.5, 0.6) is 0 Å². The van der Waals surface area contributed by atoms with Crippen LogP contribution < -0.4 is 0 Å². The summed E-state index contributed by atoms with van der Waals surface area (Å²) in [5.41, 5.74) is 3.64. The van der Waals surface area contributed by atoms with Crippen LogP contribution in [-0.4, -0.2) is 25.7 Å². The number of carbonyl (C=O) groups excluding carboxylic acids is 1. The highest BCUT2D eigenvalue weighted by Gasteiger charge is 2.39. The van der Waals surface area contributed by atoms with Gasteiger partial charge in [0.1, 0.15) is 6.29 Å². The minimum Gasteiger partial charge on any atom is -0.410 e. The van der Waals surface area contributed by atoms with Gasteiger partial charge in [-0.1, -0.05) is 39.3 Å². The van der Waals surface area contributed by atoms with E-state index < -0.39 is 8.32 Å². The first-order valence-corrected chi connectivity index (χ1v) is 14.5. The summed E-state index contributed by atoms with van der Waals surface area (Å²) in [7, 11) is -1.89. The van der Waals surface area contributed by atoms with Crippen LogP contribution >= 0.6 is 11.3 Å². The Morgan fingerprint density at radius 1 is 1.31 bits per heavy atom. The van der Waals surface area contributed by atoms with Crippen LogP contribution in [0.1, 0.15) is 77.9 Å². The number of aromatic nitrogens is 1. The SMILES string of the molecule is C/C(=C/c1csc(C)n1)C(C/C=C(\C)CCC[C@H](C)C=O)O[Si](C)(C)C(C)(C)C. The molecule has 0 radical (unpaired) electrons. The molecule has 0 bridgehead atoms. The summed E-state index contributed by atoms with van der Waals surface area (Å²) < 4.78 is 6.81. The Hall–Kier alpha value is -1.04. The Bertz CT molecular complexity index is 713. The van der Waals surface area contributed by atoms with Gasteiger partial charge in [0.15, 0.2) is 8.32 Å². The lowest BCUT2D eigenvalue weighted by Gasteiger charge is -2.39. The van der Waals surface area contributed by atoms with Gasteiger partial charge in [-0.15, -0.1) is 11.3 Å². The normalized spacial score (nSPS) is 16.0. The molecule has 0 spiro atoms. The van der Waals surface area contributed by atoms with Gasteiger partial charge in [0.05, 0.1) is 16.8 Å². The van der Waals surface area contributed by atoms with Crippen molar-refractivity contribution in [1.82, 2.24) is 4.98 Å². The van der Waals surface area contributed by atoms with Crippen molar-refractivity contribution in [3.05, 3.63) is 33.3 Å². The molecule has 1 heterocycles.